The van der Waals surface area contributed by atoms with Gasteiger partial charge in [0.2, 0.25) is 0 Å². The van der Waals surface area contributed by atoms with Gasteiger partial charge in [0.25, 0.3) is 11.6 Å². The Balaban J connectivity index is 2.22. The van der Waals surface area contributed by atoms with E-state index in [0.29, 0.717) is 0 Å². The van der Waals surface area contributed by atoms with Gasteiger partial charge in [-0.2, -0.15) is 0 Å². The van der Waals surface area contributed by atoms with Crippen molar-refractivity contribution in [2.45, 2.75) is 26.3 Å². The third-order valence-electron chi connectivity index (χ3n) is 3.98. The SMILES string of the molecule is Cc1cccc(C)c1C[C@@H](NC(=O)c1cccc([N+](=O)[O-])c1)C(=O)O. The molecule has 7 heteroatoms. The molecular weight excluding hydrogens is 324 g/mol. The molecule has 7 nitrogen and oxygen atoms in total. The maximum atomic E-state index is 12.3. The number of carbonyl (C=O) groups is 2. The number of amides is 1. The molecule has 2 aromatic rings. The molecule has 0 aliphatic carbocycles. The van der Waals surface area contributed by atoms with Gasteiger partial charge >= 0.3 is 5.97 Å². The number of non-ortho nitro benzene ring substituents is 1. The fraction of sp³-hybridized carbons (Fsp3) is 0.222. The van der Waals surface area contributed by atoms with Gasteiger partial charge in [0.05, 0.1) is 4.92 Å². The molecule has 0 spiro atoms. The number of hydrogen-bond acceptors (Lipinski definition) is 4. The Bertz CT molecular complexity index is 812. The third kappa shape index (κ3) is 4.41. The van der Waals surface area contributed by atoms with Crippen LogP contribution < -0.4 is 5.32 Å². The van der Waals surface area contributed by atoms with Crippen molar-refractivity contribution in [3.63, 3.8) is 0 Å². The number of nitrogens with zero attached hydrogens (tertiary/aromatic N) is 1. The maximum Gasteiger partial charge on any atom is 0.326 e. The molecule has 2 aromatic carbocycles. The summed E-state index contributed by atoms with van der Waals surface area (Å²) in [5.74, 6) is -1.83. The summed E-state index contributed by atoms with van der Waals surface area (Å²) in [4.78, 5) is 34.0. The normalized spacial score (nSPS) is 11.6. The summed E-state index contributed by atoms with van der Waals surface area (Å²) in [7, 11) is 0. The van der Waals surface area contributed by atoms with Crippen molar-refractivity contribution in [3.8, 4) is 0 Å². The zero-order chi connectivity index (χ0) is 18.6. The molecule has 2 rings (SSSR count). The first-order valence-electron chi connectivity index (χ1n) is 7.63. The average Bonchev–Trinajstić information content (AvgIpc) is 2.57. The van der Waals surface area contributed by atoms with Crippen molar-refractivity contribution in [2.75, 3.05) is 0 Å². The van der Waals surface area contributed by atoms with Crippen LogP contribution >= 0.6 is 0 Å². The summed E-state index contributed by atoms with van der Waals surface area (Å²) in [6, 6.07) is 9.68. The minimum atomic E-state index is -1.17. The van der Waals surface area contributed by atoms with Gasteiger partial charge in [0, 0.05) is 24.1 Å². The monoisotopic (exact) mass is 342 g/mol. The van der Waals surface area contributed by atoms with E-state index in [4.69, 9.17) is 0 Å². The van der Waals surface area contributed by atoms with Gasteiger partial charge in [-0.25, -0.2) is 4.79 Å². The van der Waals surface area contributed by atoms with Crippen molar-refractivity contribution in [1.29, 1.82) is 0 Å². The van der Waals surface area contributed by atoms with E-state index >= 15 is 0 Å². The minimum Gasteiger partial charge on any atom is -0.480 e. The van der Waals surface area contributed by atoms with Gasteiger partial charge in [-0.1, -0.05) is 24.3 Å². The molecule has 25 heavy (non-hydrogen) atoms. The highest BCUT2D eigenvalue weighted by molar-refractivity contribution is 5.97. The van der Waals surface area contributed by atoms with E-state index in [1.165, 1.54) is 18.2 Å². The van der Waals surface area contributed by atoms with E-state index in [2.05, 4.69) is 5.32 Å². The lowest BCUT2D eigenvalue weighted by molar-refractivity contribution is -0.384. The van der Waals surface area contributed by atoms with Crippen LogP contribution in [0.25, 0.3) is 0 Å². The van der Waals surface area contributed by atoms with Crippen LogP contribution in [0, 0.1) is 24.0 Å². The summed E-state index contributed by atoms with van der Waals surface area (Å²) in [6.45, 7) is 3.76. The number of nitrogens with one attached hydrogen (secondary N) is 1. The Hall–Kier alpha value is -3.22. The van der Waals surface area contributed by atoms with Crippen LogP contribution in [0.5, 0.6) is 0 Å². The van der Waals surface area contributed by atoms with Crippen LogP contribution in [0.4, 0.5) is 5.69 Å². The van der Waals surface area contributed by atoms with Crippen LogP contribution in [0.1, 0.15) is 27.0 Å². The van der Waals surface area contributed by atoms with Gasteiger partial charge in [-0.05, 0) is 36.6 Å². The van der Waals surface area contributed by atoms with Crippen LogP contribution in [0.3, 0.4) is 0 Å². The van der Waals surface area contributed by atoms with Crippen molar-refractivity contribution < 1.29 is 19.6 Å². The Morgan fingerprint density at radius 1 is 1.16 bits per heavy atom. The second kappa shape index (κ2) is 7.57. The Kier molecular flexibility index (Phi) is 5.49. The number of nitro groups is 1. The minimum absolute atomic E-state index is 0.0435. The molecule has 0 unspecified atom stereocenters. The molecule has 0 saturated heterocycles. The van der Waals surface area contributed by atoms with Gasteiger partial charge in [0.1, 0.15) is 6.04 Å². The largest absolute Gasteiger partial charge is 0.480 e. The molecule has 0 heterocycles. The number of aliphatic carboxylic acids is 1. The van der Waals surface area contributed by atoms with E-state index in [1.807, 2.05) is 32.0 Å². The summed E-state index contributed by atoms with van der Waals surface area (Å²) in [6.07, 6.45) is 0.133. The lowest BCUT2D eigenvalue weighted by Crippen LogP contribution is -2.42. The zero-order valence-electron chi connectivity index (χ0n) is 13.9. The highest BCUT2D eigenvalue weighted by Crippen LogP contribution is 2.17. The standard InChI is InChI=1S/C18H18N2O5/c1-11-5-3-6-12(2)15(11)10-16(18(22)23)19-17(21)13-7-4-8-14(9-13)20(24)25/h3-9,16H,10H2,1-2H3,(H,19,21)(H,22,23)/t16-/m1/s1. The molecule has 0 saturated carbocycles. The number of benzene rings is 2. The van der Waals surface area contributed by atoms with Crippen LogP contribution in [0.15, 0.2) is 42.5 Å². The van der Waals surface area contributed by atoms with Crippen LogP contribution in [-0.2, 0) is 11.2 Å². The first kappa shape index (κ1) is 18.1. The number of carboxylic acids is 1. The summed E-state index contributed by atoms with van der Waals surface area (Å²) < 4.78 is 0. The molecule has 2 N–H and O–H groups in total. The van der Waals surface area contributed by atoms with Gasteiger partial charge < -0.3 is 10.4 Å². The van der Waals surface area contributed by atoms with Gasteiger partial charge in [-0.15, -0.1) is 0 Å². The quantitative estimate of drug-likeness (QED) is 0.619. The van der Waals surface area contributed by atoms with Crippen molar-refractivity contribution >= 4 is 17.6 Å². The van der Waals surface area contributed by atoms with Crippen LogP contribution in [0.2, 0.25) is 0 Å². The van der Waals surface area contributed by atoms with Crippen molar-refractivity contribution in [2.24, 2.45) is 0 Å². The summed E-state index contributed by atoms with van der Waals surface area (Å²) in [5.41, 5.74) is 2.55. The molecule has 0 bridgehead atoms. The number of nitro benzene ring substituents is 1. The molecule has 0 fully saturated rings. The lowest BCUT2D eigenvalue weighted by Gasteiger charge is -2.17. The van der Waals surface area contributed by atoms with Crippen molar-refractivity contribution in [3.05, 3.63) is 74.8 Å². The van der Waals surface area contributed by atoms with E-state index in [1.54, 1.807) is 0 Å². The molecule has 0 aliphatic heterocycles. The molecular formula is C18H18N2O5. The summed E-state index contributed by atoms with van der Waals surface area (Å²) in [5, 5.41) is 22.7. The number of hydrogen-bond donors (Lipinski definition) is 2. The second-order valence-electron chi connectivity index (χ2n) is 5.75. The number of carboxylic acid groups (broad SMARTS) is 1. The van der Waals surface area contributed by atoms with E-state index in [-0.39, 0.29) is 17.7 Å². The first-order valence-corrected chi connectivity index (χ1v) is 7.63. The number of carbonyl (C=O) groups excluding carboxylic acids is 1. The Morgan fingerprint density at radius 2 is 1.76 bits per heavy atom. The van der Waals surface area contributed by atoms with E-state index in [9.17, 15) is 24.8 Å². The fourth-order valence-electron chi connectivity index (χ4n) is 2.58. The van der Waals surface area contributed by atoms with Gasteiger partial charge in [-0.3, -0.25) is 14.9 Å². The molecule has 0 aliphatic rings. The Labute approximate surface area is 144 Å². The first-order chi connectivity index (χ1) is 11.8. The molecule has 0 radical (unpaired) electrons. The predicted octanol–water partition coefficient (Wildman–Crippen LogP) is 2.64. The van der Waals surface area contributed by atoms with Crippen molar-refractivity contribution in [1.82, 2.24) is 5.32 Å². The predicted molar refractivity (Wildman–Crippen MR) is 91.6 cm³/mol. The third-order valence-corrected chi connectivity index (χ3v) is 3.98. The zero-order valence-corrected chi connectivity index (χ0v) is 13.9. The second-order valence-corrected chi connectivity index (χ2v) is 5.75. The molecule has 0 aromatic heterocycles. The topological polar surface area (TPSA) is 110 Å². The van der Waals surface area contributed by atoms with E-state index in [0.717, 1.165) is 22.8 Å². The van der Waals surface area contributed by atoms with E-state index < -0.39 is 22.8 Å². The lowest BCUT2D eigenvalue weighted by atomic mass is 9.96. The highest BCUT2D eigenvalue weighted by atomic mass is 16.6. The molecule has 130 valence electrons. The molecule has 1 amide bonds. The fourth-order valence-corrected chi connectivity index (χ4v) is 2.58. The van der Waals surface area contributed by atoms with Crippen LogP contribution in [-0.4, -0.2) is 27.9 Å². The average molecular weight is 342 g/mol. The highest BCUT2D eigenvalue weighted by Gasteiger charge is 2.23. The van der Waals surface area contributed by atoms with Gasteiger partial charge in [0.15, 0.2) is 0 Å². The number of aryl methyl sites for hydroxylation is 2. The Morgan fingerprint density at radius 3 is 2.32 bits per heavy atom. The maximum absolute atomic E-state index is 12.3. The summed E-state index contributed by atoms with van der Waals surface area (Å²) >= 11 is 0. The number of rotatable bonds is 6. The smallest absolute Gasteiger partial charge is 0.326 e. The molecule has 1 atom stereocenters.